The highest BCUT2D eigenvalue weighted by Gasteiger charge is 2.38. The average Bonchev–Trinajstić information content (AvgIpc) is 3.38. The molecule has 152 valence electrons. The highest BCUT2D eigenvalue weighted by molar-refractivity contribution is 6.10. The Bertz CT molecular complexity index is 1340. The molecule has 0 saturated heterocycles. The summed E-state index contributed by atoms with van der Waals surface area (Å²) in [5.41, 5.74) is 8.75. The molecule has 5 rings (SSSR count). The third-order valence-corrected chi connectivity index (χ3v) is 5.47. The number of nitrogens with zero attached hydrogens (tertiary/aromatic N) is 3. The lowest BCUT2D eigenvalue weighted by Crippen LogP contribution is -2.11. The van der Waals surface area contributed by atoms with E-state index in [2.05, 4.69) is 37.2 Å². The second-order valence-electron chi connectivity index (χ2n) is 7.23. The molecule has 0 aliphatic heterocycles. The number of rotatable bonds is 1. The van der Waals surface area contributed by atoms with E-state index in [1.54, 1.807) is 0 Å². The van der Waals surface area contributed by atoms with Crippen molar-refractivity contribution >= 4 is 21.8 Å². The van der Waals surface area contributed by atoms with E-state index in [0.29, 0.717) is 23.3 Å². The van der Waals surface area contributed by atoms with Crippen molar-refractivity contribution in [2.45, 2.75) is 31.9 Å². The zero-order valence-corrected chi connectivity index (χ0v) is 15.8. The minimum atomic E-state index is -4.56. The summed E-state index contributed by atoms with van der Waals surface area (Å²) < 4.78 is 40.5. The molecule has 4 N–H and O–H groups in total. The van der Waals surface area contributed by atoms with Crippen molar-refractivity contribution in [1.29, 1.82) is 0 Å². The van der Waals surface area contributed by atoms with E-state index in [1.165, 1.54) is 6.20 Å². The molecule has 0 bridgehead atoms. The topological polar surface area (TPSA) is 96.3 Å². The summed E-state index contributed by atoms with van der Waals surface area (Å²) in [6.07, 6.45) is -0.00905. The van der Waals surface area contributed by atoms with Crippen LogP contribution in [0.4, 0.5) is 13.2 Å². The van der Waals surface area contributed by atoms with Crippen LogP contribution in [0.2, 0.25) is 0 Å². The highest BCUT2D eigenvalue weighted by atomic mass is 19.4. The van der Waals surface area contributed by atoms with E-state index < -0.39 is 11.9 Å². The van der Waals surface area contributed by atoms with E-state index in [9.17, 15) is 13.2 Å². The average molecular weight is 410 g/mol. The third kappa shape index (κ3) is 2.83. The second kappa shape index (κ2) is 6.85. The summed E-state index contributed by atoms with van der Waals surface area (Å²) in [7, 11) is 0. The number of pyridine rings is 1. The number of hydrogen-bond donors (Lipinski definition) is 3. The molecule has 4 aromatic rings. The van der Waals surface area contributed by atoms with Gasteiger partial charge in [0.1, 0.15) is 5.69 Å². The first-order chi connectivity index (χ1) is 14.5. The van der Waals surface area contributed by atoms with Gasteiger partial charge in [-0.15, -0.1) is 0 Å². The Morgan fingerprint density at radius 2 is 1.87 bits per heavy atom. The summed E-state index contributed by atoms with van der Waals surface area (Å²) in [6.45, 7) is 0.209. The molecule has 0 fully saturated rings. The molecule has 3 aromatic heterocycles. The first-order valence-electron chi connectivity index (χ1n) is 9.62. The van der Waals surface area contributed by atoms with Crippen LogP contribution in [0, 0.1) is 11.8 Å². The van der Waals surface area contributed by atoms with E-state index >= 15 is 0 Å². The van der Waals surface area contributed by atoms with Crippen LogP contribution in [0.5, 0.6) is 0 Å². The van der Waals surface area contributed by atoms with E-state index in [4.69, 9.17) is 5.73 Å². The van der Waals surface area contributed by atoms with Crippen molar-refractivity contribution < 1.29 is 13.2 Å². The molecule has 1 aromatic carbocycles. The first kappa shape index (κ1) is 18.6. The fourth-order valence-electron chi connectivity index (χ4n) is 4.27. The van der Waals surface area contributed by atoms with Crippen molar-refractivity contribution in [3.63, 3.8) is 0 Å². The Morgan fingerprint density at radius 1 is 1.07 bits per heavy atom. The Hall–Kier alpha value is -3.38. The van der Waals surface area contributed by atoms with Crippen LogP contribution in [0.3, 0.4) is 0 Å². The number of benzene rings is 1. The molecule has 1 aliphatic carbocycles. The molecule has 30 heavy (non-hydrogen) atoms. The fraction of sp³-hybridized carbons (Fsp3) is 0.286. The van der Waals surface area contributed by atoms with Crippen LogP contribution >= 0.6 is 0 Å². The maximum absolute atomic E-state index is 13.5. The van der Waals surface area contributed by atoms with Gasteiger partial charge in [0, 0.05) is 17.0 Å². The summed E-state index contributed by atoms with van der Waals surface area (Å²) in [4.78, 5) is 4.68. The lowest BCUT2D eigenvalue weighted by atomic mass is 9.85. The van der Waals surface area contributed by atoms with Crippen molar-refractivity contribution in [2.75, 3.05) is 6.54 Å². The number of alkyl halides is 3. The largest absolute Gasteiger partial charge is 0.435 e. The Kier molecular flexibility index (Phi) is 4.25. The van der Waals surface area contributed by atoms with Crippen LogP contribution in [0.25, 0.3) is 33.1 Å². The minimum Gasteiger partial charge on any atom is -0.320 e. The van der Waals surface area contributed by atoms with Crippen LogP contribution in [0.15, 0.2) is 18.3 Å². The second-order valence-corrected chi connectivity index (χ2v) is 7.23. The molecule has 0 amide bonds. The number of nitrogens with one attached hydrogen (secondary N) is 2. The summed E-state index contributed by atoms with van der Waals surface area (Å²) in [5, 5.41) is 14.8. The minimum absolute atomic E-state index is 0.0158. The van der Waals surface area contributed by atoms with Crippen LogP contribution in [0.1, 0.15) is 35.4 Å². The zero-order chi connectivity index (χ0) is 20.9. The van der Waals surface area contributed by atoms with Gasteiger partial charge in [0.15, 0.2) is 5.69 Å². The predicted octanol–water partition coefficient (Wildman–Crippen LogP) is 3.71. The molecular formula is C21H17F3N6. The fourth-order valence-corrected chi connectivity index (χ4v) is 4.27. The molecule has 0 atom stereocenters. The van der Waals surface area contributed by atoms with Gasteiger partial charge in [-0.2, -0.15) is 23.4 Å². The van der Waals surface area contributed by atoms with Crippen molar-refractivity contribution in [1.82, 2.24) is 25.4 Å². The first-order valence-corrected chi connectivity index (χ1v) is 9.62. The third-order valence-electron chi connectivity index (χ3n) is 5.47. The van der Waals surface area contributed by atoms with Gasteiger partial charge < -0.3 is 5.73 Å². The number of fused-ring (bicyclic) bond motifs is 5. The van der Waals surface area contributed by atoms with Crippen molar-refractivity contribution in [3.05, 3.63) is 40.8 Å². The van der Waals surface area contributed by atoms with Gasteiger partial charge >= 0.3 is 6.18 Å². The Morgan fingerprint density at radius 3 is 2.63 bits per heavy atom. The SMILES string of the molecule is NCC#Cc1n[nH]c2ccc3nc(-c4c[nH]nc4C(F)(F)F)c4c(c3c12)CCCC4. The van der Waals surface area contributed by atoms with Gasteiger partial charge in [-0.25, -0.2) is 4.98 Å². The molecular weight excluding hydrogens is 393 g/mol. The summed E-state index contributed by atoms with van der Waals surface area (Å²) in [5.74, 6) is 5.81. The van der Waals surface area contributed by atoms with Gasteiger partial charge in [-0.3, -0.25) is 10.2 Å². The molecule has 6 nitrogen and oxygen atoms in total. The standard InChI is InChI=1S/C21H17F3N6/c22-21(23,24)20-13(10-26-30-20)19-12-5-2-1-4-11(12)17-14(27-19)7-8-16-18(17)15(28-29-16)6-3-9-25/h7-8,10H,1-2,4-5,9,25H2,(H,26,30)(H,28,29). The number of H-pyrrole nitrogens is 2. The lowest BCUT2D eigenvalue weighted by molar-refractivity contribution is -0.140. The summed E-state index contributed by atoms with van der Waals surface area (Å²) >= 11 is 0. The molecule has 0 unspecified atom stereocenters. The zero-order valence-electron chi connectivity index (χ0n) is 15.8. The molecule has 0 saturated carbocycles. The van der Waals surface area contributed by atoms with Gasteiger partial charge in [0.25, 0.3) is 0 Å². The number of hydrogen-bond acceptors (Lipinski definition) is 4. The molecule has 3 heterocycles. The van der Waals surface area contributed by atoms with Crippen LogP contribution in [-0.4, -0.2) is 31.9 Å². The van der Waals surface area contributed by atoms with Gasteiger partial charge in [-0.05, 0) is 54.9 Å². The number of aromatic nitrogens is 5. The van der Waals surface area contributed by atoms with E-state index in [1.807, 2.05) is 12.1 Å². The molecule has 0 radical (unpaired) electrons. The number of nitrogens with two attached hydrogens (primary N) is 1. The van der Waals surface area contributed by atoms with E-state index in [0.717, 1.165) is 46.7 Å². The van der Waals surface area contributed by atoms with Gasteiger partial charge in [0.05, 0.1) is 28.8 Å². The number of aromatic amines is 2. The van der Waals surface area contributed by atoms with E-state index in [-0.39, 0.29) is 12.1 Å². The quantitative estimate of drug-likeness (QED) is 0.417. The Balaban J connectivity index is 1.87. The normalized spacial score (nSPS) is 14.0. The van der Waals surface area contributed by atoms with Crippen molar-refractivity contribution in [3.8, 4) is 23.1 Å². The maximum Gasteiger partial charge on any atom is 0.435 e. The maximum atomic E-state index is 13.5. The highest BCUT2D eigenvalue weighted by Crippen LogP contribution is 2.41. The Labute approximate surface area is 169 Å². The van der Waals surface area contributed by atoms with Crippen LogP contribution < -0.4 is 5.73 Å². The lowest BCUT2D eigenvalue weighted by Gasteiger charge is -2.22. The molecule has 1 aliphatic rings. The summed E-state index contributed by atoms with van der Waals surface area (Å²) in [6, 6.07) is 3.63. The smallest absolute Gasteiger partial charge is 0.320 e. The van der Waals surface area contributed by atoms with Crippen LogP contribution in [-0.2, 0) is 19.0 Å². The monoisotopic (exact) mass is 410 g/mol. The molecule has 9 heteroatoms. The molecule has 0 spiro atoms. The van der Waals surface area contributed by atoms with Gasteiger partial charge in [-0.1, -0.05) is 5.92 Å². The number of aryl methyl sites for hydroxylation is 1. The van der Waals surface area contributed by atoms with Gasteiger partial charge in [0.2, 0.25) is 0 Å². The van der Waals surface area contributed by atoms with Crippen molar-refractivity contribution in [2.24, 2.45) is 5.73 Å². The predicted molar refractivity (Wildman–Crippen MR) is 107 cm³/mol. The number of halogens is 3.